The minimum absolute atomic E-state index is 0.116. The van der Waals surface area contributed by atoms with Gasteiger partial charge in [-0.15, -0.1) is 5.10 Å². The Balaban J connectivity index is 1.79. The fourth-order valence-electron chi connectivity index (χ4n) is 3.11. The Kier molecular flexibility index (Phi) is 4.76. The zero-order chi connectivity index (χ0) is 16.2. The van der Waals surface area contributed by atoms with E-state index in [0.717, 1.165) is 38.0 Å². The van der Waals surface area contributed by atoms with Crippen LogP contribution in [0, 0.1) is 0 Å². The second kappa shape index (κ2) is 6.95. The molecule has 1 aromatic carbocycles. The minimum atomic E-state index is -0.116. The number of likely N-dealkylation sites (N-methyl/N-ethyl adjacent to an activating group) is 1. The van der Waals surface area contributed by atoms with E-state index in [-0.39, 0.29) is 11.9 Å². The molecule has 1 atom stereocenters. The molecule has 1 unspecified atom stereocenters. The van der Waals surface area contributed by atoms with Gasteiger partial charge >= 0.3 is 0 Å². The molecule has 3 rings (SSSR count). The van der Waals surface area contributed by atoms with Crippen LogP contribution in [0.4, 0.5) is 0 Å². The lowest BCUT2D eigenvalue weighted by atomic mass is 10.1. The lowest BCUT2D eigenvalue weighted by Gasteiger charge is -2.23. The molecule has 2 aromatic rings. The number of H-pyrrole nitrogens is 1. The summed E-state index contributed by atoms with van der Waals surface area (Å²) in [7, 11) is 1.56. The van der Waals surface area contributed by atoms with E-state index in [1.54, 1.807) is 19.2 Å². The van der Waals surface area contributed by atoms with Gasteiger partial charge < -0.3 is 15.0 Å². The first-order valence-electron chi connectivity index (χ1n) is 8.13. The molecule has 0 spiro atoms. The highest BCUT2D eigenvalue weighted by molar-refractivity contribution is 6.00. The van der Waals surface area contributed by atoms with E-state index < -0.39 is 0 Å². The molecular formula is C16H23N5O2. The summed E-state index contributed by atoms with van der Waals surface area (Å²) in [6, 6.07) is 3.65. The van der Waals surface area contributed by atoms with Crippen molar-refractivity contribution in [2.75, 3.05) is 26.7 Å². The highest BCUT2D eigenvalue weighted by atomic mass is 16.5. The largest absolute Gasteiger partial charge is 0.496 e. The molecule has 124 valence electrons. The summed E-state index contributed by atoms with van der Waals surface area (Å²) < 4.78 is 5.35. The number of aromatic amines is 1. The van der Waals surface area contributed by atoms with Crippen LogP contribution >= 0.6 is 0 Å². The van der Waals surface area contributed by atoms with Crippen LogP contribution in [0.5, 0.6) is 5.75 Å². The van der Waals surface area contributed by atoms with E-state index in [1.807, 2.05) is 0 Å². The van der Waals surface area contributed by atoms with Crippen LogP contribution in [-0.4, -0.2) is 59.0 Å². The van der Waals surface area contributed by atoms with Gasteiger partial charge in [-0.2, -0.15) is 0 Å². The number of amides is 1. The van der Waals surface area contributed by atoms with Crippen LogP contribution in [0.15, 0.2) is 12.1 Å². The third-order valence-electron chi connectivity index (χ3n) is 4.43. The van der Waals surface area contributed by atoms with E-state index >= 15 is 0 Å². The number of benzene rings is 1. The number of rotatable bonds is 4. The molecule has 7 heteroatoms. The van der Waals surface area contributed by atoms with Crippen LogP contribution in [0.1, 0.15) is 36.5 Å². The number of nitrogens with one attached hydrogen (secondary N) is 2. The van der Waals surface area contributed by atoms with Crippen LogP contribution in [-0.2, 0) is 0 Å². The summed E-state index contributed by atoms with van der Waals surface area (Å²) in [6.07, 6.45) is 3.34. The van der Waals surface area contributed by atoms with Crippen LogP contribution in [0.2, 0.25) is 0 Å². The average molecular weight is 317 g/mol. The molecule has 7 nitrogen and oxygen atoms in total. The maximum Gasteiger partial charge on any atom is 0.255 e. The van der Waals surface area contributed by atoms with E-state index in [9.17, 15) is 4.79 Å². The first-order valence-corrected chi connectivity index (χ1v) is 8.13. The normalized spacial score (nSPS) is 19.5. The number of hydrogen-bond acceptors (Lipinski definition) is 5. The zero-order valence-corrected chi connectivity index (χ0v) is 13.6. The third kappa shape index (κ3) is 3.44. The molecule has 1 amide bonds. The van der Waals surface area contributed by atoms with E-state index in [1.165, 1.54) is 6.42 Å². The molecule has 1 aromatic heterocycles. The van der Waals surface area contributed by atoms with Crippen molar-refractivity contribution in [3.8, 4) is 5.75 Å². The number of likely N-dealkylation sites (tertiary alicyclic amines) is 1. The Bertz CT molecular complexity index is 684. The fourth-order valence-corrected chi connectivity index (χ4v) is 3.11. The van der Waals surface area contributed by atoms with Gasteiger partial charge in [0.15, 0.2) is 0 Å². The molecule has 0 aliphatic carbocycles. The van der Waals surface area contributed by atoms with Crippen LogP contribution in [0.25, 0.3) is 11.0 Å². The SMILES string of the molecule is CCN1CCCCC(NC(=O)c2cc3nn[nH]c3cc2OC)C1. The molecule has 0 saturated carbocycles. The third-order valence-corrected chi connectivity index (χ3v) is 4.43. The molecule has 1 aliphatic heterocycles. The monoisotopic (exact) mass is 317 g/mol. The number of fused-ring (bicyclic) bond motifs is 1. The highest BCUT2D eigenvalue weighted by Gasteiger charge is 2.22. The van der Waals surface area contributed by atoms with Gasteiger partial charge in [-0.1, -0.05) is 18.6 Å². The van der Waals surface area contributed by atoms with Crippen molar-refractivity contribution in [2.24, 2.45) is 0 Å². The topological polar surface area (TPSA) is 83.1 Å². The van der Waals surface area contributed by atoms with Crippen molar-refractivity contribution in [3.63, 3.8) is 0 Å². The van der Waals surface area contributed by atoms with Gasteiger partial charge in [0.1, 0.15) is 11.3 Å². The number of carbonyl (C=O) groups excluding carboxylic acids is 1. The standard InChI is InChI=1S/C16H23N5O2/c1-3-21-7-5-4-6-11(10-21)17-16(22)12-8-13-14(19-20-18-13)9-15(12)23-2/h8-9,11H,3-7,10H2,1-2H3,(H,17,22)(H,18,19,20). The first-order chi connectivity index (χ1) is 11.2. The van der Waals surface area contributed by atoms with Crippen molar-refractivity contribution < 1.29 is 9.53 Å². The Hall–Kier alpha value is -2.15. The van der Waals surface area contributed by atoms with Crippen molar-refractivity contribution in [1.82, 2.24) is 25.6 Å². The Morgan fingerprint density at radius 3 is 3.13 bits per heavy atom. The van der Waals surface area contributed by atoms with Gasteiger partial charge in [0.25, 0.3) is 5.91 Å². The summed E-state index contributed by atoms with van der Waals surface area (Å²) in [6.45, 7) is 5.18. The van der Waals surface area contributed by atoms with Crippen molar-refractivity contribution in [1.29, 1.82) is 0 Å². The van der Waals surface area contributed by atoms with Gasteiger partial charge in [0, 0.05) is 18.7 Å². The number of methoxy groups -OCH3 is 1. The van der Waals surface area contributed by atoms with E-state index in [0.29, 0.717) is 16.8 Å². The zero-order valence-electron chi connectivity index (χ0n) is 13.6. The number of carbonyl (C=O) groups is 1. The predicted octanol–water partition coefficient (Wildman–Crippen LogP) is 1.57. The second-order valence-electron chi connectivity index (χ2n) is 5.94. The Morgan fingerprint density at radius 2 is 2.35 bits per heavy atom. The summed E-state index contributed by atoms with van der Waals surface area (Å²) in [5, 5.41) is 13.7. The molecular weight excluding hydrogens is 294 g/mol. The van der Waals surface area contributed by atoms with Crippen molar-refractivity contribution >= 4 is 16.9 Å². The van der Waals surface area contributed by atoms with Gasteiger partial charge in [-0.05, 0) is 32.0 Å². The lowest BCUT2D eigenvalue weighted by Crippen LogP contribution is -2.42. The van der Waals surface area contributed by atoms with Gasteiger partial charge in [0.2, 0.25) is 0 Å². The van der Waals surface area contributed by atoms with Crippen LogP contribution in [0.3, 0.4) is 0 Å². The summed E-state index contributed by atoms with van der Waals surface area (Å²) >= 11 is 0. The molecule has 0 bridgehead atoms. The smallest absolute Gasteiger partial charge is 0.255 e. The lowest BCUT2D eigenvalue weighted by molar-refractivity contribution is 0.0924. The van der Waals surface area contributed by atoms with Crippen LogP contribution < -0.4 is 10.1 Å². The molecule has 1 fully saturated rings. The predicted molar refractivity (Wildman–Crippen MR) is 87.7 cm³/mol. The molecule has 0 radical (unpaired) electrons. The average Bonchev–Trinajstić information content (AvgIpc) is 2.91. The minimum Gasteiger partial charge on any atom is -0.496 e. The molecule has 1 aliphatic rings. The number of ether oxygens (including phenoxy) is 1. The fraction of sp³-hybridized carbons (Fsp3) is 0.562. The summed E-state index contributed by atoms with van der Waals surface area (Å²) in [4.78, 5) is 15.1. The molecule has 1 saturated heterocycles. The first kappa shape index (κ1) is 15.7. The van der Waals surface area contributed by atoms with Gasteiger partial charge in [-0.25, -0.2) is 0 Å². The summed E-state index contributed by atoms with van der Waals surface area (Å²) in [5.41, 5.74) is 1.92. The molecule has 2 N–H and O–H groups in total. The maximum atomic E-state index is 12.7. The van der Waals surface area contributed by atoms with Gasteiger partial charge in [-0.3, -0.25) is 9.89 Å². The quantitative estimate of drug-likeness (QED) is 0.894. The van der Waals surface area contributed by atoms with Crippen molar-refractivity contribution in [3.05, 3.63) is 17.7 Å². The number of hydrogen-bond donors (Lipinski definition) is 2. The van der Waals surface area contributed by atoms with Gasteiger partial charge in [0.05, 0.1) is 18.2 Å². The second-order valence-corrected chi connectivity index (χ2v) is 5.94. The number of aromatic nitrogens is 3. The van der Waals surface area contributed by atoms with Crippen molar-refractivity contribution in [2.45, 2.75) is 32.2 Å². The highest BCUT2D eigenvalue weighted by Crippen LogP contribution is 2.24. The summed E-state index contributed by atoms with van der Waals surface area (Å²) in [5.74, 6) is 0.414. The molecule has 23 heavy (non-hydrogen) atoms. The number of nitrogens with zero attached hydrogens (tertiary/aromatic N) is 3. The van der Waals surface area contributed by atoms with E-state index in [2.05, 4.69) is 32.6 Å². The Morgan fingerprint density at radius 1 is 1.48 bits per heavy atom. The maximum absolute atomic E-state index is 12.7. The Labute approximate surface area is 135 Å². The molecule has 2 heterocycles. The van der Waals surface area contributed by atoms with E-state index in [4.69, 9.17) is 4.74 Å².